The summed E-state index contributed by atoms with van der Waals surface area (Å²) in [5.74, 6) is -0.422. The van der Waals surface area contributed by atoms with Gasteiger partial charge in [0.05, 0.1) is 23.3 Å². The third kappa shape index (κ3) is 2.67. The highest BCUT2D eigenvalue weighted by molar-refractivity contribution is 5.93. The number of amides is 1. The number of carbonyl (C=O) groups excluding carboxylic acids is 1. The number of nitrogens with zero attached hydrogens (tertiary/aromatic N) is 1. The molecular formula is C11H15N3O4. The van der Waals surface area contributed by atoms with Crippen molar-refractivity contribution in [2.24, 2.45) is 0 Å². The molecule has 0 bridgehead atoms. The van der Waals surface area contributed by atoms with Crippen molar-refractivity contribution in [3.63, 3.8) is 0 Å². The molecule has 98 valence electrons. The van der Waals surface area contributed by atoms with E-state index < -0.39 is 16.9 Å². The van der Waals surface area contributed by atoms with Crippen molar-refractivity contribution in [3.05, 3.63) is 28.1 Å². The second-order valence-corrected chi connectivity index (χ2v) is 4.46. The summed E-state index contributed by atoms with van der Waals surface area (Å²) >= 11 is 0. The van der Waals surface area contributed by atoms with Crippen molar-refractivity contribution in [1.82, 2.24) is 10.3 Å². The Labute approximate surface area is 103 Å². The fourth-order valence-corrected chi connectivity index (χ4v) is 2.15. The van der Waals surface area contributed by atoms with Crippen LogP contribution in [0.25, 0.3) is 0 Å². The Morgan fingerprint density at radius 1 is 1.50 bits per heavy atom. The minimum absolute atomic E-state index is 0.138. The van der Waals surface area contributed by atoms with Crippen LogP contribution in [-0.2, 0) is 0 Å². The smallest absolute Gasteiger partial charge is 0.287 e. The fraction of sp³-hybridized carbons (Fsp3) is 0.545. The van der Waals surface area contributed by atoms with E-state index in [9.17, 15) is 20.0 Å². The lowest BCUT2D eigenvalue weighted by atomic mass is 9.92. The van der Waals surface area contributed by atoms with Gasteiger partial charge in [0.2, 0.25) is 0 Å². The monoisotopic (exact) mass is 253 g/mol. The van der Waals surface area contributed by atoms with Crippen molar-refractivity contribution in [2.75, 3.05) is 0 Å². The van der Waals surface area contributed by atoms with Gasteiger partial charge in [0.1, 0.15) is 5.69 Å². The molecule has 1 aromatic heterocycles. The molecule has 1 amide bonds. The first-order valence-electron chi connectivity index (χ1n) is 5.89. The maximum Gasteiger partial charge on any atom is 0.287 e. The molecule has 18 heavy (non-hydrogen) atoms. The summed E-state index contributed by atoms with van der Waals surface area (Å²) in [6, 6.07) is 0.915. The molecule has 2 rings (SSSR count). The first-order chi connectivity index (χ1) is 8.58. The first-order valence-corrected chi connectivity index (χ1v) is 5.89. The highest BCUT2D eigenvalue weighted by atomic mass is 16.6. The third-order valence-corrected chi connectivity index (χ3v) is 3.17. The molecule has 1 fully saturated rings. The predicted octanol–water partition coefficient (Wildman–Crippen LogP) is 0.956. The molecule has 0 saturated heterocycles. The maximum absolute atomic E-state index is 11.8. The van der Waals surface area contributed by atoms with Crippen molar-refractivity contribution in [3.8, 4) is 0 Å². The minimum Gasteiger partial charge on any atom is -0.391 e. The third-order valence-electron chi connectivity index (χ3n) is 3.17. The zero-order valence-corrected chi connectivity index (χ0v) is 9.76. The molecule has 7 heteroatoms. The van der Waals surface area contributed by atoms with Crippen LogP contribution in [0.15, 0.2) is 12.3 Å². The van der Waals surface area contributed by atoms with Crippen LogP contribution in [0.5, 0.6) is 0 Å². The van der Waals surface area contributed by atoms with Gasteiger partial charge in [-0.3, -0.25) is 14.9 Å². The molecule has 1 aliphatic rings. The molecule has 7 nitrogen and oxygen atoms in total. The summed E-state index contributed by atoms with van der Waals surface area (Å²) in [4.78, 5) is 24.3. The quantitative estimate of drug-likeness (QED) is 0.550. The highest BCUT2D eigenvalue weighted by Crippen LogP contribution is 2.19. The normalized spacial score (nSPS) is 23.6. The Balaban J connectivity index is 2.00. The predicted molar refractivity (Wildman–Crippen MR) is 63.2 cm³/mol. The van der Waals surface area contributed by atoms with E-state index in [0.29, 0.717) is 6.42 Å². The molecule has 1 aliphatic carbocycles. The summed E-state index contributed by atoms with van der Waals surface area (Å²) in [6.07, 6.45) is 3.97. The van der Waals surface area contributed by atoms with Crippen LogP contribution in [0.1, 0.15) is 36.2 Å². The summed E-state index contributed by atoms with van der Waals surface area (Å²) in [6.45, 7) is 0. The SMILES string of the molecule is O=C(N[C@H]1CCCC[C@@H]1O)c1cc([N+](=O)[O-])c[nH]1. The maximum atomic E-state index is 11.8. The average Bonchev–Trinajstić information content (AvgIpc) is 2.81. The van der Waals surface area contributed by atoms with Gasteiger partial charge in [0.25, 0.3) is 11.6 Å². The van der Waals surface area contributed by atoms with Crippen LogP contribution in [0.3, 0.4) is 0 Å². The zero-order chi connectivity index (χ0) is 13.1. The molecular weight excluding hydrogens is 238 g/mol. The molecule has 3 N–H and O–H groups in total. The van der Waals surface area contributed by atoms with Gasteiger partial charge in [-0.25, -0.2) is 0 Å². The number of aromatic nitrogens is 1. The van der Waals surface area contributed by atoms with Crippen LogP contribution < -0.4 is 5.32 Å². The van der Waals surface area contributed by atoms with Crippen molar-refractivity contribution < 1.29 is 14.8 Å². The van der Waals surface area contributed by atoms with Crippen molar-refractivity contribution in [2.45, 2.75) is 37.8 Å². The topological polar surface area (TPSA) is 108 Å². The number of nitrogens with one attached hydrogen (secondary N) is 2. The number of aliphatic hydroxyl groups is 1. The van der Waals surface area contributed by atoms with E-state index in [4.69, 9.17) is 0 Å². The zero-order valence-electron chi connectivity index (χ0n) is 9.76. The van der Waals surface area contributed by atoms with E-state index in [1.807, 2.05) is 0 Å². The fourth-order valence-electron chi connectivity index (χ4n) is 2.15. The molecule has 0 aliphatic heterocycles. The molecule has 1 heterocycles. The lowest BCUT2D eigenvalue weighted by molar-refractivity contribution is -0.384. The van der Waals surface area contributed by atoms with Gasteiger partial charge in [0.15, 0.2) is 0 Å². The largest absolute Gasteiger partial charge is 0.391 e. The van der Waals surface area contributed by atoms with E-state index >= 15 is 0 Å². The number of H-pyrrole nitrogens is 1. The number of aromatic amines is 1. The van der Waals surface area contributed by atoms with Gasteiger partial charge >= 0.3 is 0 Å². The molecule has 0 aromatic carbocycles. The lowest BCUT2D eigenvalue weighted by Crippen LogP contribution is -2.45. The summed E-state index contributed by atoms with van der Waals surface area (Å²) in [7, 11) is 0. The van der Waals surface area contributed by atoms with Gasteiger partial charge in [-0.2, -0.15) is 0 Å². The van der Waals surface area contributed by atoms with Gasteiger partial charge in [-0.05, 0) is 12.8 Å². The Bertz CT molecular complexity index is 457. The molecule has 0 spiro atoms. The summed E-state index contributed by atoms with van der Waals surface area (Å²) in [5, 5.41) is 22.9. The summed E-state index contributed by atoms with van der Waals surface area (Å²) < 4.78 is 0. The first kappa shape index (κ1) is 12.6. The molecule has 1 saturated carbocycles. The Morgan fingerprint density at radius 3 is 2.83 bits per heavy atom. The van der Waals surface area contributed by atoms with E-state index in [1.54, 1.807) is 0 Å². The van der Waals surface area contributed by atoms with Gasteiger partial charge in [0, 0.05) is 6.07 Å². The van der Waals surface area contributed by atoms with Crippen molar-refractivity contribution >= 4 is 11.6 Å². The van der Waals surface area contributed by atoms with E-state index in [-0.39, 0.29) is 17.4 Å². The number of hydrogen-bond donors (Lipinski definition) is 3. The summed E-state index contributed by atoms with van der Waals surface area (Å²) in [5.41, 5.74) is -0.0104. The number of aliphatic hydroxyl groups excluding tert-OH is 1. The second-order valence-electron chi connectivity index (χ2n) is 4.46. The molecule has 1 aromatic rings. The Morgan fingerprint density at radius 2 is 2.22 bits per heavy atom. The minimum atomic E-state index is -0.567. The van der Waals surface area contributed by atoms with E-state index in [1.165, 1.54) is 12.3 Å². The van der Waals surface area contributed by atoms with Crippen LogP contribution in [-0.4, -0.2) is 33.1 Å². The molecule has 0 unspecified atom stereocenters. The van der Waals surface area contributed by atoms with Crippen LogP contribution in [0, 0.1) is 10.1 Å². The number of hydrogen-bond acceptors (Lipinski definition) is 4. The standard InChI is InChI=1S/C11H15N3O4/c15-10-4-2-1-3-8(10)13-11(16)9-5-7(6-12-9)14(17)18/h5-6,8,10,12,15H,1-4H2,(H,13,16)/t8-,10-/m0/s1. The number of nitro groups is 1. The highest BCUT2D eigenvalue weighted by Gasteiger charge is 2.25. The van der Waals surface area contributed by atoms with Crippen LogP contribution in [0.2, 0.25) is 0 Å². The van der Waals surface area contributed by atoms with Crippen LogP contribution >= 0.6 is 0 Å². The van der Waals surface area contributed by atoms with Gasteiger partial charge < -0.3 is 15.4 Å². The van der Waals surface area contributed by atoms with Gasteiger partial charge in [-0.1, -0.05) is 12.8 Å². The second kappa shape index (κ2) is 5.18. The van der Waals surface area contributed by atoms with Crippen molar-refractivity contribution in [1.29, 1.82) is 0 Å². The van der Waals surface area contributed by atoms with Gasteiger partial charge in [-0.15, -0.1) is 0 Å². The van der Waals surface area contributed by atoms with E-state index in [2.05, 4.69) is 10.3 Å². The molecule has 2 atom stereocenters. The Kier molecular flexibility index (Phi) is 3.61. The molecule has 0 radical (unpaired) electrons. The Hall–Kier alpha value is -1.89. The average molecular weight is 253 g/mol. The van der Waals surface area contributed by atoms with Crippen LogP contribution in [0.4, 0.5) is 5.69 Å². The van der Waals surface area contributed by atoms with E-state index in [0.717, 1.165) is 19.3 Å². The lowest BCUT2D eigenvalue weighted by Gasteiger charge is -2.28. The number of rotatable bonds is 3. The number of carbonyl (C=O) groups is 1.